The number of hydrogen-bond acceptors (Lipinski definition) is 7. The molecule has 0 saturated carbocycles. The van der Waals surface area contributed by atoms with E-state index in [9.17, 15) is 19.2 Å². The van der Waals surface area contributed by atoms with Gasteiger partial charge in [-0.25, -0.2) is 14.4 Å². The van der Waals surface area contributed by atoms with E-state index in [0.717, 1.165) is 12.1 Å². The van der Waals surface area contributed by atoms with Gasteiger partial charge in [0.25, 0.3) is 0 Å². The average molecular weight is 462 g/mol. The van der Waals surface area contributed by atoms with Crippen molar-refractivity contribution in [3.05, 3.63) is 30.3 Å². The maximum atomic E-state index is 13.2. The van der Waals surface area contributed by atoms with Gasteiger partial charge in [0.15, 0.2) is 0 Å². The highest BCUT2D eigenvalue weighted by Crippen LogP contribution is 2.32. The number of hydrazone groups is 1. The number of benzene rings is 1. The van der Waals surface area contributed by atoms with Crippen LogP contribution < -0.4 is 10.6 Å². The number of rotatable bonds is 4. The number of esters is 1. The van der Waals surface area contributed by atoms with Crippen LogP contribution >= 0.6 is 0 Å². The van der Waals surface area contributed by atoms with E-state index in [2.05, 4.69) is 15.7 Å². The van der Waals surface area contributed by atoms with Crippen molar-refractivity contribution in [1.82, 2.24) is 15.2 Å². The number of alkyl carbamates (subject to hydrolysis) is 1. The van der Waals surface area contributed by atoms with Crippen LogP contribution in [0.15, 0.2) is 35.4 Å². The highest BCUT2D eigenvalue weighted by atomic mass is 16.6. The molecule has 2 rings (SSSR count). The zero-order valence-corrected chi connectivity index (χ0v) is 20.0. The molecule has 0 unspecified atom stereocenters. The van der Waals surface area contributed by atoms with E-state index in [-0.39, 0.29) is 12.3 Å². The van der Waals surface area contributed by atoms with Gasteiger partial charge in [0, 0.05) is 31.9 Å². The molecule has 0 radical (unpaired) electrons. The molecule has 0 spiro atoms. The molecule has 180 valence electrons. The van der Waals surface area contributed by atoms with Crippen molar-refractivity contribution in [2.75, 3.05) is 26.5 Å². The van der Waals surface area contributed by atoms with E-state index < -0.39 is 35.3 Å². The highest BCUT2D eigenvalue weighted by molar-refractivity contribution is 6.06. The topological polar surface area (TPSA) is 130 Å². The first-order chi connectivity index (χ1) is 15.3. The van der Waals surface area contributed by atoms with Crippen molar-refractivity contribution >= 4 is 35.4 Å². The minimum atomic E-state index is -2.13. The van der Waals surface area contributed by atoms with Gasteiger partial charge >= 0.3 is 18.1 Å². The number of nitrogens with one attached hydrogen (secondary N) is 2. The number of hydrogen-bond donors (Lipinski definition) is 2. The Morgan fingerprint density at radius 1 is 1.15 bits per heavy atom. The molecule has 0 saturated heterocycles. The van der Waals surface area contributed by atoms with E-state index in [0.29, 0.717) is 11.4 Å². The quantitative estimate of drug-likeness (QED) is 0.663. The lowest BCUT2D eigenvalue weighted by atomic mass is 9.87. The first-order valence-electron chi connectivity index (χ1n) is 10.3. The molecule has 0 fully saturated rings. The van der Waals surface area contributed by atoms with Gasteiger partial charge in [-0.2, -0.15) is 10.1 Å². The van der Waals surface area contributed by atoms with Crippen molar-refractivity contribution < 1.29 is 28.7 Å². The van der Waals surface area contributed by atoms with E-state index in [1.165, 1.54) is 4.90 Å². The van der Waals surface area contributed by atoms with E-state index >= 15 is 0 Å². The van der Waals surface area contributed by atoms with E-state index in [1.807, 2.05) is 0 Å². The van der Waals surface area contributed by atoms with Gasteiger partial charge in [-0.15, -0.1) is 0 Å². The number of para-hydroxylation sites is 1. The lowest BCUT2D eigenvalue weighted by Crippen LogP contribution is -2.70. The lowest BCUT2D eigenvalue weighted by Gasteiger charge is -2.43. The molecule has 33 heavy (non-hydrogen) atoms. The van der Waals surface area contributed by atoms with Gasteiger partial charge in [-0.05, 0) is 39.8 Å². The van der Waals surface area contributed by atoms with Gasteiger partial charge in [-0.1, -0.05) is 18.2 Å². The number of urea groups is 1. The van der Waals surface area contributed by atoms with Crippen LogP contribution in [0, 0.1) is 5.92 Å². The molecule has 0 aliphatic carbocycles. The lowest BCUT2D eigenvalue weighted by molar-refractivity contribution is -0.158. The summed E-state index contributed by atoms with van der Waals surface area (Å²) in [4.78, 5) is 53.2. The highest BCUT2D eigenvalue weighted by Gasteiger charge is 2.56. The summed E-state index contributed by atoms with van der Waals surface area (Å²) in [5.74, 6) is -2.22. The number of carbonyl (C=O) groups is 4. The first-order valence-corrected chi connectivity index (χ1v) is 10.3. The summed E-state index contributed by atoms with van der Waals surface area (Å²) in [5, 5.41) is 10.1. The Hall–Kier alpha value is -3.63. The van der Waals surface area contributed by atoms with Crippen LogP contribution in [0.3, 0.4) is 0 Å². The second-order valence-electron chi connectivity index (χ2n) is 8.82. The summed E-state index contributed by atoms with van der Waals surface area (Å²) in [6.45, 7) is 6.53. The predicted octanol–water partition coefficient (Wildman–Crippen LogP) is 2.40. The summed E-state index contributed by atoms with van der Waals surface area (Å²) >= 11 is 0. The van der Waals surface area contributed by atoms with E-state index in [1.54, 1.807) is 72.1 Å². The molecular weight excluding hydrogens is 430 g/mol. The fourth-order valence-electron chi connectivity index (χ4n) is 3.30. The van der Waals surface area contributed by atoms with Crippen molar-refractivity contribution in [2.45, 2.75) is 45.4 Å². The maximum Gasteiger partial charge on any atom is 0.410 e. The largest absolute Gasteiger partial charge is 0.466 e. The van der Waals surface area contributed by atoms with Crippen molar-refractivity contribution in [1.29, 1.82) is 0 Å². The van der Waals surface area contributed by atoms with Gasteiger partial charge in [-0.3, -0.25) is 10.1 Å². The number of carbonyl (C=O) groups excluding carboxylic acids is 4. The molecule has 1 aromatic carbocycles. The smallest absolute Gasteiger partial charge is 0.410 e. The van der Waals surface area contributed by atoms with Crippen LogP contribution in [-0.4, -0.2) is 72.1 Å². The Morgan fingerprint density at radius 2 is 1.76 bits per heavy atom. The van der Waals surface area contributed by atoms with Crippen molar-refractivity contribution in [3.8, 4) is 0 Å². The number of ether oxygens (including phenoxy) is 2. The molecule has 1 aliphatic heterocycles. The number of methoxy groups -OCH3 is 1. The molecule has 11 heteroatoms. The molecule has 0 aromatic heterocycles. The summed E-state index contributed by atoms with van der Waals surface area (Å²) < 4.78 is 10.3. The molecule has 2 atom stereocenters. The van der Waals surface area contributed by atoms with Gasteiger partial charge < -0.3 is 19.7 Å². The third-order valence-corrected chi connectivity index (χ3v) is 4.81. The van der Waals surface area contributed by atoms with Crippen LogP contribution in [0.5, 0.6) is 0 Å². The molecule has 2 N–H and O–H groups in total. The summed E-state index contributed by atoms with van der Waals surface area (Å²) in [6, 6.07) is 7.71. The summed E-state index contributed by atoms with van der Waals surface area (Å²) in [7, 11) is 4.23. The second kappa shape index (κ2) is 9.88. The van der Waals surface area contributed by atoms with Crippen molar-refractivity contribution in [3.63, 3.8) is 0 Å². The first kappa shape index (κ1) is 25.6. The standard InChI is InChI=1S/C22H31N5O6/c1-14-16(17(28)26(5)6)13-22(18(29)32-7,24-20(31)33-21(2,3)4)27(25-14)19(30)23-15-11-9-8-10-12-15/h8-12,16H,13H2,1-7H3,(H,23,30)(H,24,31)/t16-,22+/m0/s1. The molecule has 1 aromatic rings. The van der Waals surface area contributed by atoms with Gasteiger partial charge in [0.2, 0.25) is 11.6 Å². The Bertz CT molecular complexity index is 940. The Morgan fingerprint density at radius 3 is 2.27 bits per heavy atom. The molecule has 0 bridgehead atoms. The Labute approximate surface area is 193 Å². The fraction of sp³-hybridized carbons (Fsp3) is 0.500. The molecular formula is C22H31N5O6. The van der Waals surface area contributed by atoms with Crippen molar-refractivity contribution in [2.24, 2.45) is 11.0 Å². The molecule has 1 heterocycles. The minimum absolute atomic E-state index is 0.294. The minimum Gasteiger partial charge on any atom is -0.466 e. The number of amides is 4. The average Bonchev–Trinajstić information content (AvgIpc) is 2.72. The summed E-state index contributed by atoms with van der Waals surface area (Å²) in [5.41, 5.74) is -2.28. The van der Waals surface area contributed by atoms with Crippen LogP contribution in [-0.2, 0) is 19.1 Å². The molecule has 1 aliphatic rings. The Kier molecular flexibility index (Phi) is 7.68. The van der Waals surface area contributed by atoms with Gasteiger partial charge in [0.05, 0.1) is 13.0 Å². The zero-order chi connectivity index (χ0) is 25.0. The maximum absolute atomic E-state index is 13.2. The second-order valence-corrected chi connectivity index (χ2v) is 8.82. The molecule has 11 nitrogen and oxygen atoms in total. The SMILES string of the molecule is COC(=O)[C@@]1(NC(=O)OC(C)(C)C)C[C@H](C(=O)N(C)C)C(C)=NN1C(=O)Nc1ccccc1. The summed E-state index contributed by atoms with van der Waals surface area (Å²) in [6.07, 6.45) is -1.27. The van der Waals surface area contributed by atoms with Gasteiger partial charge in [0.1, 0.15) is 5.60 Å². The Balaban J connectivity index is 2.58. The normalized spacial score (nSPS) is 20.3. The third kappa shape index (κ3) is 5.99. The van der Waals surface area contributed by atoms with Crippen LogP contribution in [0.4, 0.5) is 15.3 Å². The molecule has 4 amide bonds. The van der Waals surface area contributed by atoms with Crippen LogP contribution in [0.1, 0.15) is 34.1 Å². The number of nitrogens with zero attached hydrogens (tertiary/aromatic N) is 3. The predicted molar refractivity (Wildman–Crippen MR) is 121 cm³/mol. The van der Waals surface area contributed by atoms with E-state index in [4.69, 9.17) is 9.47 Å². The van der Waals surface area contributed by atoms with Crippen LogP contribution in [0.2, 0.25) is 0 Å². The monoisotopic (exact) mass is 461 g/mol. The zero-order valence-electron chi connectivity index (χ0n) is 20.0. The fourth-order valence-corrected chi connectivity index (χ4v) is 3.30. The third-order valence-electron chi connectivity index (χ3n) is 4.81. The van der Waals surface area contributed by atoms with Crippen LogP contribution in [0.25, 0.3) is 0 Å². The number of anilines is 1.